The summed E-state index contributed by atoms with van der Waals surface area (Å²) in [5.41, 5.74) is 8.07. The molecule has 17 nitrogen and oxygen atoms in total. The highest BCUT2D eigenvalue weighted by atomic mass is 35.5. The number of nitrogens with one attached hydrogen (secondary N) is 1. The lowest BCUT2D eigenvalue weighted by atomic mass is 9.97. The van der Waals surface area contributed by atoms with Gasteiger partial charge >= 0.3 is 0 Å². The Balaban J connectivity index is 0.00000650. The van der Waals surface area contributed by atoms with Crippen molar-refractivity contribution in [3.05, 3.63) is 41.7 Å². The molecular formula is C36H53ClN11O6-. The monoisotopic (exact) mass is 770 g/mol. The number of aromatic nitrogens is 6. The van der Waals surface area contributed by atoms with Crippen molar-refractivity contribution in [2.24, 2.45) is 11.7 Å². The van der Waals surface area contributed by atoms with E-state index in [1.165, 1.54) is 0 Å². The largest absolute Gasteiger partial charge is 1.00 e. The summed E-state index contributed by atoms with van der Waals surface area (Å²) in [6, 6.07) is 6.01. The van der Waals surface area contributed by atoms with E-state index >= 15 is 0 Å². The third-order valence-electron chi connectivity index (χ3n) is 9.26. The number of terminal acetylenes is 1. The molecule has 0 unspecified atom stereocenters. The first-order valence-corrected chi connectivity index (χ1v) is 18.3. The quantitative estimate of drug-likeness (QED) is 0.0869. The average molecular weight is 771 g/mol. The van der Waals surface area contributed by atoms with Crippen LogP contribution in [0, 0.1) is 18.3 Å². The van der Waals surface area contributed by atoms with Gasteiger partial charge in [0.1, 0.15) is 18.4 Å². The molecule has 0 spiro atoms. The third-order valence-corrected chi connectivity index (χ3v) is 9.26. The summed E-state index contributed by atoms with van der Waals surface area (Å²) in [5.74, 6) is 4.24. The second-order valence-electron chi connectivity index (χ2n) is 13.0. The van der Waals surface area contributed by atoms with Gasteiger partial charge in [-0.25, -0.2) is 4.68 Å². The molecule has 296 valence electrons. The Morgan fingerprint density at radius 1 is 0.963 bits per heavy atom. The summed E-state index contributed by atoms with van der Waals surface area (Å²) in [6.45, 7) is 11.9. The van der Waals surface area contributed by atoms with Gasteiger partial charge in [-0.2, -0.15) is 15.0 Å². The molecule has 0 radical (unpaired) electrons. The van der Waals surface area contributed by atoms with Gasteiger partial charge in [0, 0.05) is 45.8 Å². The van der Waals surface area contributed by atoms with Crippen molar-refractivity contribution in [2.75, 3.05) is 114 Å². The van der Waals surface area contributed by atoms with E-state index in [-0.39, 0.29) is 36.6 Å². The topological polar surface area (TPSA) is 191 Å². The van der Waals surface area contributed by atoms with Crippen molar-refractivity contribution in [3.63, 3.8) is 0 Å². The normalized spacial score (nSPS) is 16.3. The van der Waals surface area contributed by atoms with Gasteiger partial charge in [-0.1, -0.05) is 43.5 Å². The molecule has 2 aliphatic rings. The molecule has 4 N–H and O–H groups in total. The zero-order chi connectivity index (χ0) is 37.4. The molecule has 0 aliphatic carbocycles. The summed E-state index contributed by atoms with van der Waals surface area (Å²) >= 11 is 0. The number of hydrogen-bond donors (Lipinski definition) is 3. The molecule has 5 rings (SSSR count). The second kappa shape index (κ2) is 22.2. The Morgan fingerprint density at radius 2 is 1.59 bits per heavy atom. The molecule has 0 bridgehead atoms. The van der Waals surface area contributed by atoms with Gasteiger partial charge in [0.25, 0.3) is 0 Å². The number of ether oxygens (including phenoxy) is 4. The SMILES string of the molecule is C#CCOCCOCCOCCNc1nc(N2CCOCC2)nc(N2CCN(C(=O)[C@H]([C@@H](C)CC)n3cc([C@@H](N)Cc4ccc(O)cc4)nn3)CC2)n1.[Cl-]. The third kappa shape index (κ3) is 12.4. The van der Waals surface area contributed by atoms with E-state index in [4.69, 9.17) is 46.1 Å². The Hall–Kier alpha value is -4.31. The zero-order valence-electron chi connectivity index (χ0n) is 31.2. The molecule has 2 fully saturated rings. The molecule has 3 atom stereocenters. The standard InChI is InChI=1S/C36H53N11O6.ClH/c1-4-17-50-21-23-53-24-22-51-18-10-38-34-39-35(41-36(40-34)46-15-19-52-20-16-46)45-13-11-44(12-14-45)33(49)32(27(3)5-2)47-26-31(42-43-47)30(37)25-28-6-8-29(48)9-7-28;/h1,6-9,26-27,30,32,48H,5,10-25,37H2,2-3H3,(H,38,39,40,41);1H/p-1/t27-,30-,32-;/m0./s1. The first-order chi connectivity index (χ1) is 25.9. The number of benzene rings is 1. The number of anilines is 3. The fraction of sp³-hybridized carbons (Fsp3) is 0.611. The van der Waals surface area contributed by atoms with E-state index in [0.29, 0.717) is 122 Å². The van der Waals surface area contributed by atoms with Crippen molar-refractivity contribution in [1.29, 1.82) is 0 Å². The molecule has 1 amide bonds. The highest BCUT2D eigenvalue weighted by molar-refractivity contribution is 5.81. The van der Waals surface area contributed by atoms with Crippen LogP contribution in [0.4, 0.5) is 17.8 Å². The molecular weight excluding hydrogens is 718 g/mol. The summed E-state index contributed by atoms with van der Waals surface area (Å²) in [4.78, 5) is 34.5. The van der Waals surface area contributed by atoms with Gasteiger partial charge in [-0.3, -0.25) is 4.79 Å². The highest BCUT2D eigenvalue weighted by Crippen LogP contribution is 2.26. The maximum atomic E-state index is 14.1. The van der Waals surface area contributed by atoms with Gasteiger partial charge in [0.05, 0.1) is 64.2 Å². The van der Waals surface area contributed by atoms with Crippen LogP contribution in [0.5, 0.6) is 5.75 Å². The number of halogens is 1. The fourth-order valence-electron chi connectivity index (χ4n) is 6.03. The molecule has 54 heavy (non-hydrogen) atoms. The number of phenols is 1. The molecule has 1 aromatic carbocycles. The summed E-state index contributed by atoms with van der Waals surface area (Å²) < 4.78 is 23.6. The van der Waals surface area contributed by atoms with E-state index in [1.807, 2.05) is 17.0 Å². The minimum absolute atomic E-state index is 0. The van der Waals surface area contributed by atoms with Crippen LogP contribution in [0.3, 0.4) is 0 Å². The van der Waals surface area contributed by atoms with Crippen molar-refractivity contribution >= 4 is 23.8 Å². The lowest BCUT2D eigenvalue weighted by Gasteiger charge is -2.37. The van der Waals surface area contributed by atoms with Gasteiger partial charge in [0.2, 0.25) is 23.8 Å². The van der Waals surface area contributed by atoms with Gasteiger partial charge in [0.15, 0.2) is 0 Å². The van der Waals surface area contributed by atoms with Crippen LogP contribution in [0.15, 0.2) is 30.5 Å². The van der Waals surface area contributed by atoms with Crippen LogP contribution in [0.2, 0.25) is 0 Å². The van der Waals surface area contributed by atoms with Crippen LogP contribution in [-0.2, 0) is 30.2 Å². The van der Waals surface area contributed by atoms with Crippen molar-refractivity contribution < 1.29 is 41.3 Å². The number of nitrogens with two attached hydrogens (primary N) is 1. The van der Waals surface area contributed by atoms with Crippen LogP contribution < -0.4 is 33.3 Å². The Labute approximate surface area is 323 Å². The molecule has 0 saturated carbocycles. The second-order valence-corrected chi connectivity index (χ2v) is 13.0. The molecule has 4 heterocycles. The smallest absolute Gasteiger partial charge is 0.247 e. The summed E-state index contributed by atoms with van der Waals surface area (Å²) in [5, 5.41) is 21.6. The van der Waals surface area contributed by atoms with E-state index in [1.54, 1.807) is 23.0 Å². The minimum atomic E-state index is -0.517. The molecule has 3 aromatic rings. The number of piperazine rings is 1. The van der Waals surface area contributed by atoms with Crippen molar-refractivity contribution in [2.45, 2.75) is 38.8 Å². The number of nitrogens with zero attached hydrogens (tertiary/aromatic N) is 9. The Kier molecular flexibility index (Phi) is 17.4. The number of morpholine rings is 1. The maximum absolute atomic E-state index is 14.1. The van der Waals surface area contributed by atoms with Crippen LogP contribution in [0.25, 0.3) is 0 Å². The van der Waals surface area contributed by atoms with Crippen molar-refractivity contribution in [1.82, 2.24) is 34.8 Å². The zero-order valence-corrected chi connectivity index (χ0v) is 31.9. The molecule has 2 aromatic heterocycles. The number of aromatic hydroxyl groups is 1. The lowest BCUT2D eigenvalue weighted by Crippen LogP contribution is -3.00. The number of hydrogen-bond acceptors (Lipinski definition) is 15. The molecule has 2 saturated heterocycles. The van der Waals surface area contributed by atoms with E-state index in [2.05, 4.69) is 45.2 Å². The van der Waals surface area contributed by atoms with Gasteiger partial charge in [-0.15, -0.1) is 11.5 Å². The molecule has 18 heteroatoms. The predicted octanol–water partition coefficient (Wildman–Crippen LogP) is -1.72. The van der Waals surface area contributed by atoms with Gasteiger partial charge in [-0.05, 0) is 30.0 Å². The van der Waals surface area contributed by atoms with Crippen molar-refractivity contribution in [3.8, 4) is 18.1 Å². The Morgan fingerprint density at radius 3 is 2.24 bits per heavy atom. The first-order valence-electron chi connectivity index (χ1n) is 18.3. The number of carbonyl (C=O) groups is 1. The van der Waals surface area contributed by atoms with Gasteiger partial charge < -0.3 is 62.2 Å². The predicted molar refractivity (Wildman–Crippen MR) is 199 cm³/mol. The van der Waals surface area contributed by atoms with E-state index in [9.17, 15) is 9.90 Å². The number of phenolic OH excluding ortho intramolecular Hbond substituents is 1. The average Bonchev–Trinajstić information content (AvgIpc) is 3.68. The lowest BCUT2D eigenvalue weighted by molar-refractivity contribution is -0.137. The van der Waals surface area contributed by atoms with Crippen LogP contribution in [-0.4, -0.2) is 145 Å². The fourth-order valence-corrected chi connectivity index (χ4v) is 6.03. The first kappa shape index (κ1) is 42.4. The maximum Gasteiger partial charge on any atom is 0.247 e. The highest BCUT2D eigenvalue weighted by Gasteiger charge is 2.34. The molecule has 2 aliphatic heterocycles. The number of carbonyl (C=O) groups excluding carboxylic acids is 1. The summed E-state index contributed by atoms with van der Waals surface area (Å²) in [7, 11) is 0. The summed E-state index contributed by atoms with van der Waals surface area (Å²) in [6.07, 6.45) is 8.27. The minimum Gasteiger partial charge on any atom is -1.00 e. The van der Waals surface area contributed by atoms with E-state index < -0.39 is 12.1 Å². The van der Waals surface area contributed by atoms with Crippen LogP contribution in [0.1, 0.15) is 43.6 Å². The van der Waals surface area contributed by atoms with Crippen LogP contribution >= 0.6 is 0 Å². The number of rotatable bonds is 20. The van der Waals surface area contributed by atoms with E-state index in [0.717, 1.165) is 12.0 Å². The Bertz CT molecular complexity index is 1600. The number of amides is 1.